The van der Waals surface area contributed by atoms with Gasteiger partial charge in [-0.3, -0.25) is 15.4 Å². The van der Waals surface area contributed by atoms with E-state index in [9.17, 15) is 14.0 Å². The van der Waals surface area contributed by atoms with Crippen LogP contribution in [0.2, 0.25) is 0 Å². The molecule has 0 aliphatic carbocycles. The van der Waals surface area contributed by atoms with Crippen molar-refractivity contribution in [3.63, 3.8) is 0 Å². The van der Waals surface area contributed by atoms with Gasteiger partial charge in [-0.2, -0.15) is 0 Å². The third kappa shape index (κ3) is 5.15. The molecule has 0 heterocycles. The van der Waals surface area contributed by atoms with E-state index in [0.29, 0.717) is 12.1 Å². The second kappa shape index (κ2) is 7.73. The molecule has 0 bridgehead atoms. The standard InChI is InChI=1S/C15H22FN3O2/c1-5-17-15(21)19-14(20)11(4)18-10(3)12-7-6-9(2)13(16)8-12/h6-8,10-11,18H,5H2,1-4H3,(H2,17,19,20,21). The van der Waals surface area contributed by atoms with Crippen LogP contribution in [0.1, 0.15) is 37.9 Å². The van der Waals surface area contributed by atoms with Gasteiger partial charge in [0.1, 0.15) is 5.82 Å². The van der Waals surface area contributed by atoms with Gasteiger partial charge in [0.05, 0.1) is 6.04 Å². The van der Waals surface area contributed by atoms with E-state index in [1.807, 2.05) is 13.0 Å². The highest BCUT2D eigenvalue weighted by atomic mass is 19.1. The van der Waals surface area contributed by atoms with Gasteiger partial charge >= 0.3 is 6.03 Å². The molecule has 0 radical (unpaired) electrons. The Hall–Kier alpha value is -1.95. The van der Waals surface area contributed by atoms with Crippen LogP contribution in [0.15, 0.2) is 18.2 Å². The van der Waals surface area contributed by atoms with E-state index in [4.69, 9.17) is 0 Å². The van der Waals surface area contributed by atoms with Crippen LogP contribution in [0, 0.1) is 12.7 Å². The smallest absolute Gasteiger partial charge is 0.321 e. The largest absolute Gasteiger partial charge is 0.338 e. The lowest BCUT2D eigenvalue weighted by Gasteiger charge is -2.20. The average Bonchev–Trinajstić information content (AvgIpc) is 2.41. The number of rotatable bonds is 5. The summed E-state index contributed by atoms with van der Waals surface area (Å²) in [6, 6.07) is 3.64. The van der Waals surface area contributed by atoms with Crippen molar-refractivity contribution < 1.29 is 14.0 Å². The van der Waals surface area contributed by atoms with Gasteiger partial charge < -0.3 is 5.32 Å². The Labute approximate surface area is 124 Å². The first-order valence-corrected chi connectivity index (χ1v) is 6.96. The average molecular weight is 295 g/mol. The topological polar surface area (TPSA) is 70.2 Å². The van der Waals surface area contributed by atoms with E-state index in [-0.39, 0.29) is 11.9 Å². The van der Waals surface area contributed by atoms with Crippen molar-refractivity contribution in [1.82, 2.24) is 16.0 Å². The Morgan fingerprint density at radius 3 is 2.52 bits per heavy atom. The molecular weight excluding hydrogens is 273 g/mol. The molecule has 0 fully saturated rings. The maximum absolute atomic E-state index is 13.5. The summed E-state index contributed by atoms with van der Waals surface area (Å²) in [4.78, 5) is 23.1. The quantitative estimate of drug-likeness (QED) is 0.778. The molecule has 3 amide bonds. The fourth-order valence-electron chi connectivity index (χ4n) is 1.85. The summed E-state index contributed by atoms with van der Waals surface area (Å²) in [6.07, 6.45) is 0. The molecule has 2 unspecified atom stereocenters. The zero-order valence-corrected chi connectivity index (χ0v) is 12.8. The predicted molar refractivity (Wildman–Crippen MR) is 79.4 cm³/mol. The zero-order chi connectivity index (χ0) is 16.0. The highest BCUT2D eigenvalue weighted by molar-refractivity contribution is 5.96. The maximum Gasteiger partial charge on any atom is 0.321 e. The number of halogens is 1. The lowest BCUT2D eigenvalue weighted by Crippen LogP contribution is -2.48. The van der Waals surface area contributed by atoms with E-state index in [2.05, 4.69) is 16.0 Å². The van der Waals surface area contributed by atoms with Crippen molar-refractivity contribution in [2.75, 3.05) is 6.54 Å². The van der Waals surface area contributed by atoms with E-state index < -0.39 is 18.0 Å². The summed E-state index contributed by atoms with van der Waals surface area (Å²) in [5.74, 6) is -0.707. The number of urea groups is 1. The first-order valence-electron chi connectivity index (χ1n) is 6.96. The molecule has 116 valence electrons. The molecule has 0 aromatic heterocycles. The van der Waals surface area contributed by atoms with Crippen molar-refractivity contribution in [3.8, 4) is 0 Å². The molecule has 3 N–H and O–H groups in total. The molecule has 0 aliphatic rings. The minimum absolute atomic E-state index is 0.213. The number of amides is 3. The summed E-state index contributed by atoms with van der Waals surface area (Å²) in [5.41, 5.74) is 1.32. The van der Waals surface area contributed by atoms with Crippen molar-refractivity contribution in [2.45, 2.75) is 39.8 Å². The molecule has 0 spiro atoms. The fraction of sp³-hybridized carbons (Fsp3) is 0.467. The van der Waals surface area contributed by atoms with Gasteiger partial charge in [-0.1, -0.05) is 12.1 Å². The first kappa shape index (κ1) is 17.1. The van der Waals surface area contributed by atoms with E-state index >= 15 is 0 Å². The first-order chi connectivity index (χ1) is 9.85. The second-order valence-electron chi connectivity index (χ2n) is 4.97. The second-order valence-corrected chi connectivity index (χ2v) is 4.97. The van der Waals surface area contributed by atoms with Gasteiger partial charge in [0.2, 0.25) is 5.91 Å². The fourth-order valence-corrected chi connectivity index (χ4v) is 1.85. The molecule has 6 heteroatoms. The maximum atomic E-state index is 13.5. The van der Waals surface area contributed by atoms with Gasteiger partial charge in [0.15, 0.2) is 0 Å². The number of nitrogens with one attached hydrogen (secondary N) is 3. The number of imide groups is 1. The number of benzene rings is 1. The van der Waals surface area contributed by atoms with Crippen LogP contribution in [-0.2, 0) is 4.79 Å². The summed E-state index contributed by atoms with van der Waals surface area (Å²) in [5, 5.41) is 7.75. The van der Waals surface area contributed by atoms with E-state index in [1.165, 1.54) is 6.07 Å². The SMILES string of the molecule is CCNC(=O)NC(=O)C(C)NC(C)c1ccc(C)c(F)c1. The van der Waals surface area contributed by atoms with Crippen molar-refractivity contribution >= 4 is 11.9 Å². The van der Waals surface area contributed by atoms with Crippen LogP contribution in [0.3, 0.4) is 0 Å². The molecule has 0 aliphatic heterocycles. The summed E-state index contributed by atoms with van der Waals surface area (Å²) >= 11 is 0. The van der Waals surface area contributed by atoms with Crippen LogP contribution >= 0.6 is 0 Å². The molecule has 21 heavy (non-hydrogen) atoms. The molecule has 5 nitrogen and oxygen atoms in total. The number of aryl methyl sites for hydroxylation is 1. The normalized spacial score (nSPS) is 13.4. The molecule has 0 saturated carbocycles. The summed E-state index contributed by atoms with van der Waals surface area (Å²) in [6.45, 7) is 7.38. The van der Waals surface area contributed by atoms with Crippen molar-refractivity contribution in [1.29, 1.82) is 0 Å². The Morgan fingerprint density at radius 2 is 1.95 bits per heavy atom. The Bertz CT molecular complexity index is 520. The minimum atomic E-state index is -0.577. The third-order valence-electron chi connectivity index (χ3n) is 3.16. The minimum Gasteiger partial charge on any atom is -0.338 e. The van der Waals surface area contributed by atoms with Gasteiger partial charge in [0.25, 0.3) is 0 Å². The molecular formula is C15H22FN3O2. The highest BCUT2D eigenvalue weighted by Gasteiger charge is 2.18. The summed E-state index contributed by atoms with van der Waals surface area (Å²) < 4.78 is 13.5. The Morgan fingerprint density at radius 1 is 1.29 bits per heavy atom. The van der Waals surface area contributed by atoms with Gasteiger partial charge in [0, 0.05) is 12.6 Å². The third-order valence-corrected chi connectivity index (χ3v) is 3.16. The van der Waals surface area contributed by atoms with Crippen LogP contribution in [0.25, 0.3) is 0 Å². The number of carbonyl (C=O) groups is 2. The van der Waals surface area contributed by atoms with Crippen LogP contribution in [-0.4, -0.2) is 24.5 Å². The van der Waals surface area contributed by atoms with Gasteiger partial charge in [-0.05, 0) is 44.9 Å². The monoisotopic (exact) mass is 295 g/mol. The molecule has 1 rings (SSSR count). The number of hydrogen-bond acceptors (Lipinski definition) is 3. The van der Waals surface area contributed by atoms with E-state index in [0.717, 1.165) is 5.56 Å². The van der Waals surface area contributed by atoms with E-state index in [1.54, 1.807) is 26.8 Å². The molecule has 1 aromatic rings. The molecule has 2 atom stereocenters. The number of hydrogen-bond donors (Lipinski definition) is 3. The number of carbonyl (C=O) groups excluding carboxylic acids is 2. The van der Waals surface area contributed by atoms with Crippen LogP contribution in [0.5, 0.6) is 0 Å². The summed E-state index contributed by atoms with van der Waals surface area (Å²) in [7, 11) is 0. The lowest BCUT2D eigenvalue weighted by molar-refractivity contribution is -0.121. The van der Waals surface area contributed by atoms with Crippen LogP contribution < -0.4 is 16.0 Å². The molecule has 0 saturated heterocycles. The highest BCUT2D eigenvalue weighted by Crippen LogP contribution is 2.16. The zero-order valence-electron chi connectivity index (χ0n) is 12.8. The Balaban J connectivity index is 2.60. The van der Waals surface area contributed by atoms with Crippen molar-refractivity contribution in [3.05, 3.63) is 35.1 Å². The van der Waals surface area contributed by atoms with Crippen molar-refractivity contribution in [2.24, 2.45) is 0 Å². The Kier molecular flexibility index (Phi) is 6.30. The molecule has 1 aromatic carbocycles. The lowest BCUT2D eigenvalue weighted by atomic mass is 10.1. The van der Waals surface area contributed by atoms with Crippen LogP contribution in [0.4, 0.5) is 9.18 Å². The van der Waals surface area contributed by atoms with Gasteiger partial charge in [-0.25, -0.2) is 9.18 Å². The predicted octanol–water partition coefficient (Wildman–Crippen LogP) is 2.02. The van der Waals surface area contributed by atoms with Gasteiger partial charge in [-0.15, -0.1) is 0 Å².